The molecule has 0 saturated carbocycles. The van der Waals surface area contributed by atoms with Crippen LogP contribution < -0.4 is 10.5 Å². The van der Waals surface area contributed by atoms with E-state index in [0.717, 1.165) is 80.4 Å². The number of fused-ring (bicyclic) bond motifs is 4. The predicted octanol–water partition coefficient (Wildman–Crippen LogP) is 4.92. The smallest absolute Gasteiger partial charge is 0.217 e. The Morgan fingerprint density at radius 1 is 1.20 bits per heavy atom. The van der Waals surface area contributed by atoms with Crippen molar-refractivity contribution in [2.75, 3.05) is 19.3 Å². The normalized spacial score (nSPS) is 22.7. The number of likely N-dealkylation sites (N-methyl/N-ethyl adjacent to an activating group) is 1. The molecule has 0 aromatic carbocycles. The van der Waals surface area contributed by atoms with Crippen LogP contribution >= 0.6 is 11.3 Å². The molecule has 7 rings (SSSR count). The van der Waals surface area contributed by atoms with Crippen LogP contribution in [0.2, 0.25) is 0 Å². The molecule has 4 aromatic rings. The Morgan fingerprint density at radius 3 is 2.76 bits per heavy atom. The van der Waals surface area contributed by atoms with Gasteiger partial charge in [-0.1, -0.05) is 5.16 Å². The number of anilines is 1. The van der Waals surface area contributed by atoms with Crippen LogP contribution in [0.1, 0.15) is 72.8 Å². The van der Waals surface area contributed by atoms with Crippen molar-refractivity contribution in [2.24, 2.45) is 0 Å². The first-order valence-corrected chi connectivity index (χ1v) is 15.1. The van der Waals surface area contributed by atoms with Crippen molar-refractivity contribution < 1.29 is 9.26 Å². The Balaban J connectivity index is 1.33. The molecule has 3 atom stereocenters. The van der Waals surface area contributed by atoms with Gasteiger partial charge in [0.25, 0.3) is 0 Å². The maximum Gasteiger partial charge on any atom is 0.217 e. The van der Waals surface area contributed by atoms with Crippen LogP contribution in [0.4, 0.5) is 5.00 Å². The van der Waals surface area contributed by atoms with Crippen molar-refractivity contribution in [2.45, 2.75) is 75.9 Å². The van der Waals surface area contributed by atoms with Crippen molar-refractivity contribution >= 4 is 16.3 Å². The molecule has 2 aliphatic carbocycles. The highest BCUT2D eigenvalue weighted by atomic mass is 32.1. The van der Waals surface area contributed by atoms with E-state index in [-0.39, 0.29) is 6.10 Å². The fourth-order valence-electron chi connectivity index (χ4n) is 7.19. The molecular formula is C30H32N8O2S. The highest BCUT2D eigenvalue weighted by Crippen LogP contribution is 2.55. The first kappa shape index (κ1) is 26.0. The van der Waals surface area contributed by atoms with Crippen molar-refractivity contribution in [1.29, 1.82) is 5.26 Å². The summed E-state index contributed by atoms with van der Waals surface area (Å²) in [6.45, 7) is 3.17. The second-order valence-corrected chi connectivity index (χ2v) is 12.6. The summed E-state index contributed by atoms with van der Waals surface area (Å²) in [7, 11) is 2.14. The summed E-state index contributed by atoms with van der Waals surface area (Å²) >= 11 is 1.54. The Labute approximate surface area is 242 Å². The summed E-state index contributed by atoms with van der Waals surface area (Å²) in [6.07, 6.45) is 12.7. The van der Waals surface area contributed by atoms with E-state index in [0.29, 0.717) is 39.7 Å². The summed E-state index contributed by atoms with van der Waals surface area (Å²) in [5, 5.41) is 15.2. The molecule has 1 spiro atoms. The first-order valence-electron chi connectivity index (χ1n) is 14.3. The molecule has 0 amide bonds. The summed E-state index contributed by atoms with van der Waals surface area (Å²) < 4.78 is 12.7. The second-order valence-electron chi connectivity index (χ2n) is 11.4. The number of nitrogens with zero attached hydrogens (tertiary/aromatic N) is 7. The molecule has 41 heavy (non-hydrogen) atoms. The van der Waals surface area contributed by atoms with Gasteiger partial charge in [0.1, 0.15) is 23.5 Å². The Bertz CT molecular complexity index is 1640. The number of hydrogen-bond acceptors (Lipinski definition) is 11. The maximum atomic E-state index is 10.0. The van der Waals surface area contributed by atoms with E-state index in [2.05, 4.69) is 40.1 Å². The van der Waals surface area contributed by atoms with E-state index in [4.69, 9.17) is 25.0 Å². The molecule has 1 saturated heterocycles. The van der Waals surface area contributed by atoms with Gasteiger partial charge >= 0.3 is 0 Å². The van der Waals surface area contributed by atoms with Gasteiger partial charge in [-0.3, -0.25) is 4.90 Å². The molecule has 0 radical (unpaired) electrons. The van der Waals surface area contributed by atoms with E-state index in [1.807, 2.05) is 6.07 Å². The fraction of sp³-hybridized carbons (Fsp3) is 0.467. The molecule has 11 heteroatoms. The van der Waals surface area contributed by atoms with E-state index >= 15 is 0 Å². The first-order chi connectivity index (χ1) is 20.0. The van der Waals surface area contributed by atoms with Gasteiger partial charge in [-0.2, -0.15) is 10.2 Å². The average molecular weight is 569 g/mol. The van der Waals surface area contributed by atoms with Crippen LogP contribution in [0.25, 0.3) is 22.8 Å². The molecule has 4 aromatic heterocycles. The lowest BCUT2D eigenvalue weighted by atomic mass is 9.63. The van der Waals surface area contributed by atoms with Crippen LogP contribution in [0.5, 0.6) is 5.88 Å². The summed E-state index contributed by atoms with van der Waals surface area (Å²) in [4.78, 5) is 21.7. The quantitative estimate of drug-likeness (QED) is 0.353. The zero-order chi connectivity index (χ0) is 28.1. The third kappa shape index (κ3) is 4.28. The lowest BCUT2D eigenvalue weighted by Crippen LogP contribution is -2.38. The predicted molar refractivity (Wildman–Crippen MR) is 154 cm³/mol. The van der Waals surface area contributed by atoms with Crippen molar-refractivity contribution in [1.82, 2.24) is 30.0 Å². The number of nitrogen functional groups attached to an aromatic ring is 1. The second kappa shape index (κ2) is 10.2. The van der Waals surface area contributed by atoms with Crippen LogP contribution in [0, 0.1) is 11.3 Å². The van der Waals surface area contributed by atoms with Gasteiger partial charge in [0.15, 0.2) is 17.3 Å². The Morgan fingerprint density at radius 2 is 2.00 bits per heavy atom. The lowest BCUT2D eigenvalue weighted by Gasteiger charge is -2.39. The molecule has 210 valence electrons. The number of aromatic nitrogens is 5. The number of aryl methyl sites for hydroxylation is 1. The van der Waals surface area contributed by atoms with Gasteiger partial charge in [-0.05, 0) is 77.4 Å². The molecule has 5 heterocycles. The van der Waals surface area contributed by atoms with E-state index in [9.17, 15) is 5.26 Å². The number of nitriles is 1. The lowest BCUT2D eigenvalue weighted by molar-refractivity contribution is 0.117. The van der Waals surface area contributed by atoms with Gasteiger partial charge in [-0.25, -0.2) is 15.0 Å². The minimum atomic E-state index is -0.405. The number of hydrogen-bond donors (Lipinski definition) is 1. The molecule has 10 nitrogen and oxygen atoms in total. The van der Waals surface area contributed by atoms with E-state index in [1.165, 1.54) is 11.2 Å². The van der Waals surface area contributed by atoms with Crippen molar-refractivity contribution in [3.05, 3.63) is 52.1 Å². The molecular weight excluding hydrogens is 536 g/mol. The zero-order valence-electron chi connectivity index (χ0n) is 23.3. The standard InChI is InChI=1S/C30H32N8O2S/c1-17(22-7-5-11-38(22)2)39-24-12-21(18-14-33-16-34-15-18)35-29(36-24)26-19-6-3-9-30(27(19)40-37-26)10-4-8-23-25(30)20(13-31)28(32)41-23/h12,14-17,22H,3-11,32H2,1-2H3/t17-,22-,30-/m0/s1. The molecule has 3 aliphatic rings. The fourth-order valence-corrected chi connectivity index (χ4v) is 8.35. The molecule has 2 N–H and O–H groups in total. The summed E-state index contributed by atoms with van der Waals surface area (Å²) in [6, 6.07) is 4.56. The third-order valence-corrected chi connectivity index (χ3v) is 10.1. The Hall–Kier alpha value is -3.88. The highest BCUT2D eigenvalue weighted by molar-refractivity contribution is 7.16. The minimum Gasteiger partial charge on any atom is -0.473 e. The number of rotatable bonds is 5. The van der Waals surface area contributed by atoms with Crippen LogP contribution in [0.3, 0.4) is 0 Å². The van der Waals surface area contributed by atoms with Gasteiger partial charge < -0.3 is 15.0 Å². The Kier molecular flexibility index (Phi) is 6.47. The monoisotopic (exact) mass is 568 g/mol. The van der Waals surface area contributed by atoms with Crippen LogP contribution in [-0.4, -0.2) is 55.7 Å². The molecule has 1 fully saturated rings. The number of ether oxygens (including phenoxy) is 1. The molecule has 1 aliphatic heterocycles. The molecule has 0 unspecified atom stereocenters. The van der Waals surface area contributed by atoms with Gasteiger partial charge in [0, 0.05) is 40.5 Å². The number of thiophene rings is 1. The largest absolute Gasteiger partial charge is 0.473 e. The highest BCUT2D eigenvalue weighted by Gasteiger charge is 2.48. The van der Waals surface area contributed by atoms with Crippen molar-refractivity contribution in [3.8, 4) is 34.7 Å². The van der Waals surface area contributed by atoms with Gasteiger partial charge in [-0.15, -0.1) is 11.3 Å². The topological polar surface area (TPSA) is 140 Å². The number of likely N-dealkylation sites (tertiary alicyclic amines) is 1. The zero-order valence-corrected chi connectivity index (χ0v) is 24.1. The maximum absolute atomic E-state index is 10.0. The third-order valence-electron chi connectivity index (χ3n) is 9.06. The van der Waals surface area contributed by atoms with E-state index < -0.39 is 5.41 Å². The summed E-state index contributed by atoms with van der Waals surface area (Å²) in [5.74, 6) is 1.77. The van der Waals surface area contributed by atoms with Crippen molar-refractivity contribution in [3.63, 3.8) is 0 Å². The van der Waals surface area contributed by atoms with E-state index in [1.54, 1.807) is 23.7 Å². The van der Waals surface area contributed by atoms with Gasteiger partial charge in [0.2, 0.25) is 5.88 Å². The SMILES string of the molecule is C[C@H](Oc1cc(-c2cncnc2)nc(-c2noc3c2CCC[C@@]32CCCc3sc(N)c(C#N)c32)n1)[C@@H]1CCCN1C. The average Bonchev–Trinajstić information content (AvgIpc) is 3.70. The summed E-state index contributed by atoms with van der Waals surface area (Å²) in [5.41, 5.74) is 10.6. The van der Waals surface area contributed by atoms with Crippen LogP contribution in [0.15, 0.2) is 29.3 Å². The van der Waals surface area contributed by atoms with Gasteiger partial charge in [0.05, 0.1) is 16.7 Å². The number of nitrogens with two attached hydrogens (primary N) is 1. The molecule has 0 bridgehead atoms. The van der Waals surface area contributed by atoms with Crippen LogP contribution in [-0.2, 0) is 18.3 Å². The minimum absolute atomic E-state index is 0.0475.